The number of carbonyl (C=O) groups excluding carboxylic acids is 2. The summed E-state index contributed by atoms with van der Waals surface area (Å²) in [4.78, 5) is 26.0. The van der Waals surface area contributed by atoms with Gasteiger partial charge in [-0.05, 0) is 30.1 Å². The van der Waals surface area contributed by atoms with Crippen molar-refractivity contribution in [2.45, 2.75) is 12.8 Å². The van der Waals surface area contributed by atoms with E-state index in [1.54, 1.807) is 6.08 Å². The molecule has 2 amide bonds. The highest BCUT2D eigenvalue weighted by atomic mass is 16.2. The summed E-state index contributed by atoms with van der Waals surface area (Å²) in [5.74, 6) is 0.651. The van der Waals surface area contributed by atoms with Gasteiger partial charge in [-0.25, -0.2) is 0 Å². The Morgan fingerprint density at radius 2 is 1.76 bits per heavy atom. The third kappa shape index (κ3) is 0.874. The lowest BCUT2D eigenvalue weighted by Gasteiger charge is -2.20. The van der Waals surface area contributed by atoms with Gasteiger partial charge in [0.15, 0.2) is 0 Å². The summed E-state index contributed by atoms with van der Waals surface area (Å²) in [6.07, 6.45) is 8.43. The highest BCUT2D eigenvalue weighted by Crippen LogP contribution is 2.73. The summed E-state index contributed by atoms with van der Waals surface area (Å²) in [6.45, 7) is 3.99. The van der Waals surface area contributed by atoms with Crippen molar-refractivity contribution in [3.8, 4) is 0 Å². The minimum Gasteiger partial charge on any atom is -0.278 e. The van der Waals surface area contributed by atoms with Crippen LogP contribution in [0.1, 0.15) is 12.8 Å². The molecule has 2 saturated carbocycles. The zero-order chi connectivity index (χ0) is 11.8. The maximum atomic E-state index is 12.3. The number of nitrogens with zero attached hydrogens (tertiary/aromatic N) is 1. The molecule has 0 unspecified atom stereocenters. The number of hydrogen-bond acceptors (Lipinski definition) is 2. The van der Waals surface area contributed by atoms with Gasteiger partial charge >= 0.3 is 0 Å². The van der Waals surface area contributed by atoms with E-state index in [2.05, 4.69) is 18.7 Å². The van der Waals surface area contributed by atoms with Crippen molar-refractivity contribution in [2.24, 2.45) is 29.1 Å². The van der Waals surface area contributed by atoms with Crippen LogP contribution in [0, 0.1) is 29.1 Å². The molecule has 0 radical (unpaired) electrons. The first kappa shape index (κ1) is 9.63. The Hall–Kier alpha value is -1.38. The Bertz CT molecular complexity index is 441. The van der Waals surface area contributed by atoms with Gasteiger partial charge in [-0.2, -0.15) is 0 Å². The summed E-state index contributed by atoms with van der Waals surface area (Å²) in [7, 11) is 0. The van der Waals surface area contributed by atoms with Crippen LogP contribution in [0.25, 0.3) is 0 Å². The van der Waals surface area contributed by atoms with Crippen molar-refractivity contribution in [1.82, 2.24) is 4.90 Å². The Kier molecular flexibility index (Phi) is 1.54. The average molecular weight is 229 g/mol. The van der Waals surface area contributed by atoms with Gasteiger partial charge in [-0.3, -0.25) is 14.5 Å². The van der Waals surface area contributed by atoms with Gasteiger partial charge in [0.25, 0.3) is 0 Å². The van der Waals surface area contributed by atoms with E-state index in [0.29, 0.717) is 23.8 Å². The average Bonchev–Trinajstić information content (AvgIpc) is 2.93. The van der Waals surface area contributed by atoms with Crippen molar-refractivity contribution >= 4 is 11.8 Å². The van der Waals surface area contributed by atoms with E-state index in [1.165, 1.54) is 17.7 Å². The predicted octanol–water partition coefficient (Wildman–Crippen LogP) is 1.37. The molecule has 4 rings (SSSR count). The van der Waals surface area contributed by atoms with Crippen LogP contribution >= 0.6 is 0 Å². The van der Waals surface area contributed by atoms with Crippen molar-refractivity contribution in [2.75, 3.05) is 6.54 Å². The zero-order valence-electron chi connectivity index (χ0n) is 9.63. The van der Waals surface area contributed by atoms with Gasteiger partial charge in [0.2, 0.25) is 11.8 Å². The van der Waals surface area contributed by atoms with Crippen LogP contribution in [-0.2, 0) is 9.59 Å². The summed E-state index contributed by atoms with van der Waals surface area (Å²) >= 11 is 0. The molecular weight excluding hydrogens is 214 g/mol. The largest absolute Gasteiger partial charge is 0.278 e. The molecule has 88 valence electrons. The second-order valence-corrected chi connectivity index (χ2v) is 5.80. The summed E-state index contributed by atoms with van der Waals surface area (Å²) in [6, 6.07) is 0. The van der Waals surface area contributed by atoms with E-state index >= 15 is 0 Å². The fourth-order valence-corrected chi connectivity index (χ4v) is 4.45. The van der Waals surface area contributed by atoms with E-state index < -0.39 is 0 Å². The molecule has 1 aliphatic heterocycles. The van der Waals surface area contributed by atoms with E-state index in [0.717, 1.165) is 0 Å². The second-order valence-electron chi connectivity index (χ2n) is 5.80. The molecule has 3 nitrogen and oxygen atoms in total. The number of likely N-dealkylation sites (tertiary alicyclic amines) is 1. The first-order valence-corrected chi connectivity index (χ1v) is 6.35. The summed E-state index contributed by atoms with van der Waals surface area (Å²) < 4.78 is 0. The molecule has 0 N–H and O–H groups in total. The van der Waals surface area contributed by atoms with Crippen LogP contribution < -0.4 is 0 Å². The summed E-state index contributed by atoms with van der Waals surface area (Å²) in [5.41, 5.74) is 0.306. The van der Waals surface area contributed by atoms with Gasteiger partial charge in [-0.15, -0.1) is 6.58 Å². The lowest BCUT2D eigenvalue weighted by molar-refractivity contribution is -0.140. The highest BCUT2D eigenvalue weighted by Gasteiger charge is 2.73. The van der Waals surface area contributed by atoms with Gasteiger partial charge in [0, 0.05) is 6.54 Å². The van der Waals surface area contributed by atoms with E-state index in [9.17, 15) is 9.59 Å². The van der Waals surface area contributed by atoms with Crippen LogP contribution in [0.5, 0.6) is 0 Å². The molecule has 0 aromatic heterocycles. The number of allylic oxidation sites excluding steroid dienone is 2. The quantitative estimate of drug-likeness (QED) is 0.530. The lowest BCUT2D eigenvalue weighted by Crippen LogP contribution is -2.34. The third-order valence-electron chi connectivity index (χ3n) is 5.26. The lowest BCUT2D eigenvalue weighted by atomic mass is 9.85. The van der Waals surface area contributed by atoms with E-state index in [4.69, 9.17) is 0 Å². The molecule has 3 fully saturated rings. The zero-order valence-corrected chi connectivity index (χ0v) is 9.63. The summed E-state index contributed by atoms with van der Waals surface area (Å²) in [5, 5.41) is 0. The normalized spacial score (nSPS) is 43.6. The number of carbonyl (C=O) groups is 2. The Morgan fingerprint density at radius 3 is 2.18 bits per heavy atom. The van der Waals surface area contributed by atoms with Crippen LogP contribution in [0.3, 0.4) is 0 Å². The molecule has 0 aromatic carbocycles. The first-order chi connectivity index (χ1) is 8.20. The molecule has 0 aromatic rings. The van der Waals surface area contributed by atoms with Gasteiger partial charge in [0.1, 0.15) is 0 Å². The molecule has 1 saturated heterocycles. The van der Waals surface area contributed by atoms with Crippen molar-refractivity contribution < 1.29 is 9.59 Å². The molecule has 3 aliphatic carbocycles. The standard InChI is InChI=1S/C14H15NO2/c1-2-7-15-12(16)10-8-3-4-9(11(10)13(15)17)14(8)5-6-14/h2-4,8-11H,1,5-7H2/t8-,9-,10-,11-/m0/s1. The van der Waals surface area contributed by atoms with Crippen LogP contribution in [0.4, 0.5) is 0 Å². The fourth-order valence-electron chi connectivity index (χ4n) is 4.45. The van der Waals surface area contributed by atoms with Gasteiger partial charge < -0.3 is 0 Å². The fraction of sp³-hybridized carbons (Fsp3) is 0.571. The number of hydrogen-bond donors (Lipinski definition) is 0. The smallest absolute Gasteiger partial charge is 0.234 e. The number of imide groups is 1. The Balaban J connectivity index is 1.76. The monoisotopic (exact) mass is 229 g/mol. The second kappa shape index (κ2) is 2.71. The predicted molar refractivity (Wildman–Crippen MR) is 61.7 cm³/mol. The number of rotatable bonds is 2. The number of fused-ring (bicyclic) bond motifs is 3. The van der Waals surface area contributed by atoms with E-state index in [1.807, 2.05) is 0 Å². The van der Waals surface area contributed by atoms with Gasteiger partial charge in [-0.1, -0.05) is 18.2 Å². The van der Waals surface area contributed by atoms with Crippen LogP contribution in [0.2, 0.25) is 0 Å². The van der Waals surface area contributed by atoms with Crippen molar-refractivity contribution in [3.05, 3.63) is 24.8 Å². The molecule has 1 spiro atoms. The Labute approximate surface area is 100 Å². The number of amides is 2. The molecular formula is C14H15NO2. The highest BCUT2D eigenvalue weighted by molar-refractivity contribution is 6.06. The molecule has 2 bridgehead atoms. The van der Waals surface area contributed by atoms with Crippen molar-refractivity contribution in [3.63, 3.8) is 0 Å². The van der Waals surface area contributed by atoms with Crippen LogP contribution in [-0.4, -0.2) is 23.3 Å². The minimum atomic E-state index is -0.0556. The molecule has 4 atom stereocenters. The van der Waals surface area contributed by atoms with Gasteiger partial charge in [0.05, 0.1) is 11.8 Å². The topological polar surface area (TPSA) is 37.4 Å². The van der Waals surface area contributed by atoms with Crippen molar-refractivity contribution in [1.29, 1.82) is 0 Å². The van der Waals surface area contributed by atoms with E-state index in [-0.39, 0.29) is 23.7 Å². The maximum absolute atomic E-state index is 12.3. The van der Waals surface area contributed by atoms with Crippen LogP contribution in [0.15, 0.2) is 24.8 Å². The Morgan fingerprint density at radius 1 is 1.24 bits per heavy atom. The SMILES string of the molecule is C=CCN1C(=O)[C@@H]2[C@@H](C1=O)[C@@H]1C=C[C@@H]2C12CC2. The minimum absolute atomic E-state index is 0.0445. The first-order valence-electron chi connectivity index (χ1n) is 6.35. The molecule has 3 heteroatoms. The maximum Gasteiger partial charge on any atom is 0.234 e. The molecule has 17 heavy (non-hydrogen) atoms. The molecule has 4 aliphatic rings. The molecule has 1 heterocycles. The third-order valence-corrected chi connectivity index (χ3v) is 5.26.